The lowest BCUT2D eigenvalue weighted by Gasteiger charge is -2.37. The van der Waals surface area contributed by atoms with E-state index in [0.717, 1.165) is 24.2 Å². The van der Waals surface area contributed by atoms with E-state index in [-0.39, 0.29) is 16.4 Å². The topological polar surface area (TPSA) is 26.9 Å². The number of hydrogen-bond donors (Lipinski definition) is 0. The van der Waals surface area contributed by atoms with Crippen molar-refractivity contribution in [3.8, 4) is 5.69 Å². The van der Waals surface area contributed by atoms with E-state index in [9.17, 15) is 4.79 Å². The first-order valence-electron chi connectivity index (χ1n) is 10.4. The van der Waals surface area contributed by atoms with Crippen molar-refractivity contribution in [3.63, 3.8) is 0 Å². The third kappa shape index (κ3) is 1.92. The van der Waals surface area contributed by atoms with E-state index in [1.54, 1.807) is 0 Å². The number of hydrogen-bond acceptors (Lipinski definition) is 1. The molecular weight excluding hydrogens is 320 g/mol. The summed E-state index contributed by atoms with van der Waals surface area (Å²) in [5.74, 6) is 1.13. The van der Waals surface area contributed by atoms with Gasteiger partial charge >= 0.3 is 0 Å². The van der Waals surface area contributed by atoms with Crippen LogP contribution in [0.4, 0.5) is 0 Å². The van der Waals surface area contributed by atoms with Crippen molar-refractivity contribution in [2.45, 2.75) is 77.2 Å². The molecule has 2 atom stereocenters. The van der Waals surface area contributed by atoms with Crippen molar-refractivity contribution < 1.29 is 0 Å². The van der Waals surface area contributed by atoms with Crippen LogP contribution in [0, 0.1) is 11.3 Å². The lowest BCUT2D eigenvalue weighted by Crippen LogP contribution is -2.36. The molecule has 0 saturated heterocycles. The Hall–Kier alpha value is -1.77. The summed E-state index contributed by atoms with van der Waals surface area (Å²) in [6.45, 7) is 8.18. The highest BCUT2D eigenvalue weighted by molar-refractivity contribution is 5.47. The Bertz CT molecular complexity index is 898. The molecule has 2 bridgehead atoms. The molecule has 0 N–H and O–H groups in total. The van der Waals surface area contributed by atoms with Crippen LogP contribution in [-0.4, -0.2) is 9.36 Å². The summed E-state index contributed by atoms with van der Waals surface area (Å²) in [6, 6.07) is 10.3. The molecule has 0 aliphatic heterocycles. The molecule has 5 rings (SSSR count). The van der Waals surface area contributed by atoms with Crippen LogP contribution in [-0.2, 0) is 12.0 Å². The standard InChI is InChI=1S/C23H30N2O/c1-22(2)18-13-14-23(22,3)20-19(18)21(26)25(17-11-5-4-6-12-17)24(20)15-16-9-7-8-10-16/h4-6,11-12,16,18H,7-10,13-15H2,1-3H3/t18-,23+/m0/s1. The molecule has 3 nitrogen and oxygen atoms in total. The van der Waals surface area contributed by atoms with Gasteiger partial charge in [0, 0.05) is 17.5 Å². The average Bonchev–Trinajstić information content (AvgIpc) is 3.32. The summed E-state index contributed by atoms with van der Waals surface area (Å²) < 4.78 is 4.42. The maximum absolute atomic E-state index is 13.6. The molecule has 1 aromatic heterocycles. The fraction of sp³-hybridized carbons (Fsp3) is 0.609. The molecule has 1 aromatic carbocycles. The molecule has 0 unspecified atom stereocenters. The fourth-order valence-electron chi connectivity index (χ4n) is 6.33. The largest absolute Gasteiger partial charge is 0.281 e. The molecule has 138 valence electrons. The Balaban J connectivity index is 1.76. The highest BCUT2D eigenvalue weighted by Crippen LogP contribution is 2.67. The number of nitrogens with zero attached hydrogens (tertiary/aromatic N) is 2. The zero-order valence-electron chi connectivity index (χ0n) is 16.3. The van der Waals surface area contributed by atoms with E-state index in [1.807, 2.05) is 22.9 Å². The zero-order valence-corrected chi connectivity index (χ0v) is 16.3. The van der Waals surface area contributed by atoms with Gasteiger partial charge in [0.1, 0.15) is 0 Å². The van der Waals surface area contributed by atoms with Gasteiger partial charge in [-0.2, -0.15) is 0 Å². The van der Waals surface area contributed by atoms with Gasteiger partial charge < -0.3 is 0 Å². The van der Waals surface area contributed by atoms with Gasteiger partial charge in [-0.15, -0.1) is 0 Å². The summed E-state index contributed by atoms with van der Waals surface area (Å²) in [5, 5.41) is 0. The van der Waals surface area contributed by atoms with Gasteiger partial charge in [-0.05, 0) is 55.1 Å². The Morgan fingerprint density at radius 3 is 2.42 bits per heavy atom. The molecule has 2 aromatic rings. The molecule has 0 spiro atoms. The predicted octanol–water partition coefficient (Wildman–Crippen LogP) is 5.00. The second-order valence-corrected chi connectivity index (χ2v) is 9.59. The van der Waals surface area contributed by atoms with Gasteiger partial charge in [0.05, 0.1) is 11.4 Å². The Labute approximate surface area is 156 Å². The molecule has 1 heterocycles. The Morgan fingerprint density at radius 1 is 1.04 bits per heavy atom. The Morgan fingerprint density at radius 2 is 1.73 bits per heavy atom. The molecule has 0 amide bonds. The first kappa shape index (κ1) is 16.4. The van der Waals surface area contributed by atoms with E-state index in [0.29, 0.717) is 11.8 Å². The van der Waals surface area contributed by atoms with Crippen LogP contribution in [0.25, 0.3) is 5.69 Å². The summed E-state index contributed by atoms with van der Waals surface area (Å²) in [4.78, 5) is 13.6. The molecule has 0 radical (unpaired) electrons. The number of aromatic nitrogens is 2. The summed E-state index contributed by atoms with van der Waals surface area (Å²) in [7, 11) is 0. The van der Waals surface area contributed by atoms with Gasteiger partial charge in [-0.3, -0.25) is 9.48 Å². The number of para-hydroxylation sites is 1. The third-order valence-electron chi connectivity index (χ3n) is 8.18. The minimum atomic E-state index is 0.116. The highest BCUT2D eigenvalue weighted by Gasteiger charge is 2.62. The fourth-order valence-corrected chi connectivity index (χ4v) is 6.33. The minimum absolute atomic E-state index is 0.116. The smallest absolute Gasteiger partial charge is 0.275 e. The van der Waals surface area contributed by atoms with Crippen LogP contribution in [0.1, 0.15) is 76.5 Å². The molecule has 3 aliphatic carbocycles. The van der Waals surface area contributed by atoms with Crippen molar-refractivity contribution in [2.75, 3.05) is 0 Å². The molecule has 2 fully saturated rings. The van der Waals surface area contributed by atoms with E-state index in [1.165, 1.54) is 37.8 Å². The number of benzene rings is 1. The summed E-state index contributed by atoms with van der Waals surface area (Å²) in [5.41, 5.74) is 4.05. The molecule has 26 heavy (non-hydrogen) atoms. The van der Waals surface area contributed by atoms with Gasteiger partial charge in [0.15, 0.2) is 0 Å². The SMILES string of the molecule is CC1(C)[C@H]2CC[C@]1(C)c1c2c(=O)n(-c2ccccc2)n1CC1CCCC1. The first-order chi connectivity index (χ1) is 12.4. The van der Waals surface area contributed by atoms with Crippen LogP contribution in [0.2, 0.25) is 0 Å². The van der Waals surface area contributed by atoms with E-state index in [4.69, 9.17) is 0 Å². The lowest BCUT2D eigenvalue weighted by atomic mass is 9.70. The van der Waals surface area contributed by atoms with Crippen LogP contribution in [0.15, 0.2) is 35.1 Å². The van der Waals surface area contributed by atoms with Crippen molar-refractivity contribution in [2.24, 2.45) is 11.3 Å². The molecule has 2 saturated carbocycles. The van der Waals surface area contributed by atoms with Gasteiger partial charge in [0.25, 0.3) is 5.56 Å². The van der Waals surface area contributed by atoms with Crippen LogP contribution < -0.4 is 5.56 Å². The maximum atomic E-state index is 13.6. The van der Waals surface area contributed by atoms with Crippen molar-refractivity contribution in [1.29, 1.82) is 0 Å². The molecule has 3 heteroatoms. The van der Waals surface area contributed by atoms with E-state index in [2.05, 4.69) is 37.6 Å². The molecule has 3 aliphatic rings. The first-order valence-corrected chi connectivity index (χ1v) is 10.4. The van der Waals surface area contributed by atoms with Crippen molar-refractivity contribution in [1.82, 2.24) is 9.36 Å². The second-order valence-electron chi connectivity index (χ2n) is 9.59. The van der Waals surface area contributed by atoms with E-state index >= 15 is 0 Å². The van der Waals surface area contributed by atoms with Crippen molar-refractivity contribution in [3.05, 3.63) is 51.9 Å². The minimum Gasteiger partial charge on any atom is -0.281 e. The average molecular weight is 351 g/mol. The van der Waals surface area contributed by atoms with Gasteiger partial charge in [-0.1, -0.05) is 51.8 Å². The molecular formula is C23H30N2O. The predicted molar refractivity (Wildman–Crippen MR) is 105 cm³/mol. The van der Waals surface area contributed by atoms with Gasteiger partial charge in [0.2, 0.25) is 0 Å². The summed E-state index contributed by atoms with van der Waals surface area (Å²) in [6.07, 6.45) is 7.66. The third-order valence-corrected chi connectivity index (χ3v) is 8.18. The number of rotatable bonds is 3. The lowest BCUT2D eigenvalue weighted by molar-refractivity contribution is 0.211. The zero-order chi connectivity index (χ0) is 18.1. The van der Waals surface area contributed by atoms with Crippen LogP contribution in [0.3, 0.4) is 0 Å². The highest BCUT2D eigenvalue weighted by atomic mass is 16.1. The van der Waals surface area contributed by atoms with E-state index < -0.39 is 0 Å². The summed E-state index contributed by atoms with van der Waals surface area (Å²) >= 11 is 0. The Kier molecular flexibility index (Phi) is 3.39. The normalized spacial score (nSPS) is 29.4. The quantitative estimate of drug-likeness (QED) is 0.765. The van der Waals surface area contributed by atoms with Crippen molar-refractivity contribution >= 4 is 0 Å². The van der Waals surface area contributed by atoms with Crippen LogP contribution >= 0.6 is 0 Å². The van der Waals surface area contributed by atoms with Gasteiger partial charge in [-0.25, -0.2) is 4.68 Å². The monoisotopic (exact) mass is 350 g/mol. The second kappa shape index (κ2) is 5.37. The van der Waals surface area contributed by atoms with Crippen LogP contribution in [0.5, 0.6) is 0 Å². The number of fused-ring (bicyclic) bond motifs is 5. The maximum Gasteiger partial charge on any atom is 0.275 e.